The number of hydrogen-bond acceptors (Lipinski definition) is 3. The predicted octanol–water partition coefficient (Wildman–Crippen LogP) is 3.13. The maximum atomic E-state index is 14.4. The van der Waals surface area contributed by atoms with Gasteiger partial charge >= 0.3 is 6.03 Å². The lowest BCUT2D eigenvalue weighted by molar-refractivity contribution is -0.0648. The van der Waals surface area contributed by atoms with Crippen molar-refractivity contribution in [3.63, 3.8) is 0 Å². The zero-order valence-electron chi connectivity index (χ0n) is 14.4. The second-order valence-electron chi connectivity index (χ2n) is 6.27. The fourth-order valence-electron chi connectivity index (χ4n) is 2.81. The number of hydrogen-bond donors (Lipinski definition) is 1. The van der Waals surface area contributed by atoms with E-state index in [0.29, 0.717) is 0 Å². The third-order valence-corrected chi connectivity index (χ3v) is 3.96. The first-order valence-electron chi connectivity index (χ1n) is 8.10. The third-order valence-electron chi connectivity index (χ3n) is 3.96. The monoisotopic (exact) mass is 368 g/mol. The molecule has 2 aromatic rings. The van der Waals surface area contributed by atoms with Crippen LogP contribution in [0.15, 0.2) is 24.3 Å². The normalized spacial score (nSPS) is 17.0. The molecular formula is C17H19F3N4O2. The molecule has 0 radical (unpaired) electrons. The van der Waals surface area contributed by atoms with Gasteiger partial charge in [-0.15, -0.1) is 0 Å². The van der Waals surface area contributed by atoms with Gasteiger partial charge in [0.1, 0.15) is 12.3 Å². The minimum Gasteiger partial charge on any atom is -0.373 e. The van der Waals surface area contributed by atoms with Gasteiger partial charge in [-0.25, -0.2) is 22.6 Å². The summed E-state index contributed by atoms with van der Waals surface area (Å²) < 4.78 is 47.8. The van der Waals surface area contributed by atoms with E-state index in [-0.39, 0.29) is 24.5 Å². The van der Waals surface area contributed by atoms with Crippen LogP contribution in [-0.4, -0.2) is 52.9 Å². The van der Waals surface area contributed by atoms with Gasteiger partial charge in [0.05, 0.1) is 18.8 Å². The maximum Gasteiger partial charge on any atom is 0.322 e. The number of alkyl halides is 2. The fourth-order valence-corrected chi connectivity index (χ4v) is 2.81. The molecule has 1 saturated heterocycles. The third kappa shape index (κ3) is 3.98. The van der Waals surface area contributed by atoms with Crippen LogP contribution in [0.3, 0.4) is 0 Å². The average molecular weight is 368 g/mol. The van der Waals surface area contributed by atoms with Gasteiger partial charge in [-0.2, -0.15) is 5.10 Å². The van der Waals surface area contributed by atoms with Gasteiger partial charge in [0.15, 0.2) is 5.82 Å². The van der Waals surface area contributed by atoms with Crippen molar-refractivity contribution in [3.05, 3.63) is 41.5 Å². The van der Waals surface area contributed by atoms with Crippen LogP contribution in [0.5, 0.6) is 0 Å². The van der Waals surface area contributed by atoms with Gasteiger partial charge in [0.25, 0.3) is 5.92 Å². The standard InChI is InChI=1S/C17H19F3N4O2/c1-11-7-12(2)24(22-11)15-4-3-13(8-14(15)18)21-16(25)23-5-6-26-10-17(19,20)9-23/h3-4,7-8H,5-6,9-10H2,1-2H3,(H,21,25). The molecule has 9 heteroatoms. The Morgan fingerprint density at radius 3 is 2.73 bits per heavy atom. The smallest absolute Gasteiger partial charge is 0.322 e. The van der Waals surface area contributed by atoms with Crippen LogP contribution in [0.1, 0.15) is 11.4 Å². The van der Waals surface area contributed by atoms with E-state index in [0.717, 1.165) is 22.4 Å². The summed E-state index contributed by atoms with van der Waals surface area (Å²) in [5, 5.41) is 6.66. The van der Waals surface area contributed by atoms with Crippen LogP contribution >= 0.6 is 0 Å². The molecule has 1 aromatic heterocycles. The maximum absolute atomic E-state index is 14.4. The number of rotatable bonds is 2. The summed E-state index contributed by atoms with van der Waals surface area (Å²) in [4.78, 5) is 13.2. The summed E-state index contributed by atoms with van der Waals surface area (Å²) in [5.41, 5.74) is 1.93. The molecule has 0 spiro atoms. The van der Waals surface area contributed by atoms with Gasteiger partial charge in [-0.05, 0) is 38.1 Å². The number of carbonyl (C=O) groups excluding carboxylic acids is 1. The number of benzene rings is 1. The lowest BCUT2D eigenvalue weighted by Gasteiger charge is -2.23. The Balaban J connectivity index is 1.75. The Hall–Kier alpha value is -2.55. The fraction of sp³-hybridized carbons (Fsp3) is 0.412. The van der Waals surface area contributed by atoms with Crippen molar-refractivity contribution < 1.29 is 22.7 Å². The number of halogens is 3. The molecule has 0 bridgehead atoms. The molecular weight excluding hydrogens is 349 g/mol. The summed E-state index contributed by atoms with van der Waals surface area (Å²) in [6.45, 7) is 2.20. The van der Waals surface area contributed by atoms with Crippen LogP contribution in [0.25, 0.3) is 5.69 Å². The van der Waals surface area contributed by atoms with Crippen molar-refractivity contribution >= 4 is 11.7 Å². The van der Waals surface area contributed by atoms with E-state index in [1.54, 1.807) is 13.8 Å². The summed E-state index contributed by atoms with van der Waals surface area (Å²) in [6, 6.07) is 5.20. The molecule has 1 aromatic carbocycles. The molecule has 1 aliphatic heterocycles. The summed E-state index contributed by atoms with van der Waals surface area (Å²) in [7, 11) is 0. The van der Waals surface area contributed by atoms with Crippen LogP contribution in [0, 0.1) is 19.7 Å². The van der Waals surface area contributed by atoms with Crippen LogP contribution in [-0.2, 0) is 4.74 Å². The molecule has 3 rings (SSSR count). The first-order chi connectivity index (χ1) is 12.2. The molecule has 0 aliphatic carbocycles. The molecule has 2 heterocycles. The molecule has 0 atom stereocenters. The van der Waals surface area contributed by atoms with Crippen LogP contribution in [0.4, 0.5) is 23.7 Å². The van der Waals surface area contributed by atoms with Crippen molar-refractivity contribution in [2.75, 3.05) is 31.6 Å². The Morgan fingerprint density at radius 2 is 2.08 bits per heavy atom. The van der Waals surface area contributed by atoms with E-state index >= 15 is 0 Å². The van der Waals surface area contributed by atoms with Crippen LogP contribution < -0.4 is 5.32 Å². The van der Waals surface area contributed by atoms with Crippen LogP contribution in [0.2, 0.25) is 0 Å². The quantitative estimate of drug-likeness (QED) is 0.886. The summed E-state index contributed by atoms with van der Waals surface area (Å²) in [6.07, 6.45) is 0. The van der Waals surface area contributed by atoms with Crippen molar-refractivity contribution in [3.8, 4) is 5.69 Å². The van der Waals surface area contributed by atoms with E-state index in [4.69, 9.17) is 4.74 Å². The van der Waals surface area contributed by atoms with E-state index in [9.17, 15) is 18.0 Å². The molecule has 0 unspecified atom stereocenters. The number of anilines is 1. The summed E-state index contributed by atoms with van der Waals surface area (Å²) >= 11 is 0. The molecule has 0 saturated carbocycles. The number of carbonyl (C=O) groups is 1. The number of nitrogens with one attached hydrogen (secondary N) is 1. The van der Waals surface area contributed by atoms with E-state index in [1.165, 1.54) is 16.8 Å². The number of aryl methyl sites for hydroxylation is 2. The lowest BCUT2D eigenvalue weighted by Crippen LogP contribution is -2.43. The highest BCUT2D eigenvalue weighted by Gasteiger charge is 2.36. The topological polar surface area (TPSA) is 59.4 Å². The number of urea groups is 1. The van der Waals surface area contributed by atoms with E-state index in [1.807, 2.05) is 6.07 Å². The molecule has 2 amide bonds. The Labute approximate surface area is 148 Å². The number of nitrogens with zero attached hydrogens (tertiary/aromatic N) is 3. The van der Waals surface area contributed by atoms with Gasteiger partial charge in [-0.1, -0.05) is 0 Å². The lowest BCUT2D eigenvalue weighted by atomic mass is 10.2. The van der Waals surface area contributed by atoms with Crippen molar-refractivity contribution in [1.29, 1.82) is 0 Å². The largest absolute Gasteiger partial charge is 0.373 e. The minimum absolute atomic E-state index is 0.0221. The molecule has 1 N–H and O–H groups in total. The molecule has 140 valence electrons. The predicted molar refractivity (Wildman–Crippen MR) is 89.4 cm³/mol. The molecule has 1 aliphatic rings. The molecule has 26 heavy (non-hydrogen) atoms. The van der Waals surface area contributed by atoms with Gasteiger partial charge in [0.2, 0.25) is 0 Å². The van der Waals surface area contributed by atoms with Crippen molar-refractivity contribution in [1.82, 2.24) is 14.7 Å². The van der Waals surface area contributed by atoms with Gasteiger partial charge < -0.3 is 15.0 Å². The average Bonchev–Trinajstić information content (AvgIpc) is 2.76. The zero-order valence-corrected chi connectivity index (χ0v) is 14.4. The Morgan fingerprint density at radius 1 is 1.31 bits per heavy atom. The first kappa shape index (κ1) is 18.2. The Kier molecular flexibility index (Phi) is 4.90. The van der Waals surface area contributed by atoms with Crippen molar-refractivity contribution in [2.45, 2.75) is 19.8 Å². The van der Waals surface area contributed by atoms with Crippen molar-refractivity contribution in [2.24, 2.45) is 0 Å². The highest BCUT2D eigenvalue weighted by molar-refractivity contribution is 5.89. The second kappa shape index (κ2) is 6.99. The zero-order chi connectivity index (χ0) is 18.9. The van der Waals surface area contributed by atoms with Gasteiger partial charge in [-0.3, -0.25) is 0 Å². The minimum atomic E-state index is -3.11. The molecule has 6 nitrogen and oxygen atoms in total. The number of aromatic nitrogens is 2. The first-order valence-corrected chi connectivity index (χ1v) is 8.10. The molecule has 1 fully saturated rings. The number of amides is 2. The van der Waals surface area contributed by atoms with Gasteiger partial charge in [0, 0.05) is 17.9 Å². The second-order valence-corrected chi connectivity index (χ2v) is 6.27. The highest BCUT2D eigenvalue weighted by Crippen LogP contribution is 2.22. The Bertz CT molecular complexity index is 822. The summed E-state index contributed by atoms with van der Waals surface area (Å²) in [5.74, 6) is -3.70. The number of ether oxygens (including phenoxy) is 1. The van der Waals surface area contributed by atoms with E-state index in [2.05, 4.69) is 10.4 Å². The van der Waals surface area contributed by atoms with E-state index < -0.39 is 30.9 Å². The highest BCUT2D eigenvalue weighted by atomic mass is 19.3. The SMILES string of the molecule is Cc1cc(C)n(-c2ccc(NC(=O)N3CCOCC(F)(F)C3)cc2F)n1.